The first-order chi connectivity index (χ1) is 29.7. The first-order valence-electron chi connectivity index (χ1n) is 20.2. The molecule has 0 aliphatic heterocycles. The van der Waals surface area contributed by atoms with Crippen LogP contribution in [0.3, 0.4) is 0 Å². The van der Waals surface area contributed by atoms with Gasteiger partial charge in [-0.3, -0.25) is 0 Å². The van der Waals surface area contributed by atoms with Crippen LogP contribution in [-0.4, -0.2) is 62.9 Å². The molecule has 320 valence electrons. The van der Waals surface area contributed by atoms with Gasteiger partial charge in [0.1, 0.15) is 23.9 Å². The van der Waals surface area contributed by atoms with E-state index < -0.39 is 36.0 Å². The minimum Gasteiger partial charge on any atom is -0.494 e. The summed E-state index contributed by atoms with van der Waals surface area (Å²) in [7, 11) is 0. The van der Waals surface area contributed by atoms with Crippen LogP contribution < -0.4 is 14.2 Å². The molecule has 0 fully saturated rings. The number of carbonyl (C=O) groups is 5. The van der Waals surface area contributed by atoms with E-state index in [0.717, 1.165) is 63.5 Å². The maximum atomic E-state index is 12.9. The molecule has 61 heavy (non-hydrogen) atoms. The molecule has 0 amide bonds. The van der Waals surface area contributed by atoms with Crippen LogP contribution in [0.1, 0.15) is 89.3 Å². The third kappa shape index (κ3) is 18.2. The molecule has 0 aromatic heterocycles. The van der Waals surface area contributed by atoms with Gasteiger partial charge in [-0.25, -0.2) is 24.0 Å². The lowest BCUT2D eigenvalue weighted by atomic mass is 10.1. The third-order valence-corrected chi connectivity index (χ3v) is 8.91. The van der Waals surface area contributed by atoms with Gasteiger partial charge in [0, 0.05) is 18.2 Å². The van der Waals surface area contributed by atoms with Gasteiger partial charge in [0.2, 0.25) is 0 Å². The Hall–Kier alpha value is -6.95. The number of esters is 5. The van der Waals surface area contributed by atoms with Gasteiger partial charge in [0.25, 0.3) is 0 Å². The Morgan fingerprint density at radius 2 is 0.967 bits per heavy atom. The molecule has 0 aliphatic rings. The van der Waals surface area contributed by atoms with E-state index in [0.29, 0.717) is 65.9 Å². The van der Waals surface area contributed by atoms with E-state index >= 15 is 0 Å². The SMILES string of the molecule is C=CC(=O)OCCCCCCOc1ccc(C(=O)OCC(OC(=O)/C=C/c2ccc(OC(=O)c3ccc(OCCCCCCOC(=O)C=C)cc3)cc2)c2ccccc2)cc1. The van der Waals surface area contributed by atoms with E-state index in [9.17, 15) is 24.0 Å². The summed E-state index contributed by atoms with van der Waals surface area (Å²) in [6.45, 7) is 8.30. The van der Waals surface area contributed by atoms with Crippen molar-refractivity contribution in [2.45, 2.75) is 57.5 Å². The van der Waals surface area contributed by atoms with Crippen molar-refractivity contribution in [3.63, 3.8) is 0 Å². The van der Waals surface area contributed by atoms with Crippen LogP contribution in [0.4, 0.5) is 0 Å². The minimum absolute atomic E-state index is 0.206. The maximum absolute atomic E-state index is 12.9. The summed E-state index contributed by atoms with van der Waals surface area (Å²) < 4.78 is 38.3. The predicted molar refractivity (Wildman–Crippen MR) is 229 cm³/mol. The molecule has 0 heterocycles. The molecule has 0 bridgehead atoms. The summed E-state index contributed by atoms with van der Waals surface area (Å²) >= 11 is 0. The molecule has 1 unspecified atom stereocenters. The molecule has 4 rings (SSSR count). The fourth-order valence-corrected chi connectivity index (χ4v) is 5.59. The Bertz CT molecular complexity index is 2020. The number of benzene rings is 4. The lowest BCUT2D eigenvalue weighted by molar-refractivity contribution is -0.145. The topological polar surface area (TPSA) is 150 Å². The highest BCUT2D eigenvalue weighted by molar-refractivity contribution is 5.91. The summed E-state index contributed by atoms with van der Waals surface area (Å²) in [6.07, 6.45) is 11.2. The van der Waals surface area contributed by atoms with Crippen LogP contribution in [0.2, 0.25) is 0 Å². The van der Waals surface area contributed by atoms with Gasteiger partial charge >= 0.3 is 29.8 Å². The van der Waals surface area contributed by atoms with E-state index in [1.165, 1.54) is 6.08 Å². The molecular formula is C49H52O12. The summed E-state index contributed by atoms with van der Waals surface area (Å²) in [6, 6.07) is 28.9. The number of hydrogen-bond acceptors (Lipinski definition) is 12. The van der Waals surface area contributed by atoms with Gasteiger partial charge in [-0.15, -0.1) is 0 Å². The van der Waals surface area contributed by atoms with Crippen LogP contribution in [0.25, 0.3) is 6.08 Å². The zero-order valence-electron chi connectivity index (χ0n) is 34.2. The summed E-state index contributed by atoms with van der Waals surface area (Å²) in [4.78, 5) is 60.7. The van der Waals surface area contributed by atoms with E-state index in [-0.39, 0.29) is 6.61 Å². The lowest BCUT2D eigenvalue weighted by Gasteiger charge is -2.17. The quantitative estimate of drug-likeness (QED) is 0.0185. The van der Waals surface area contributed by atoms with Gasteiger partial charge in [0.15, 0.2) is 6.10 Å². The largest absolute Gasteiger partial charge is 0.494 e. The molecule has 1 atom stereocenters. The smallest absolute Gasteiger partial charge is 0.343 e. The standard InChI is InChI=1S/C49H52O12/c1-3-45(50)57-34-14-7-5-12-32-55-41-27-21-39(22-28-41)48(53)59-36-44(38-16-10-9-11-17-38)61-47(52)31-20-37-18-25-43(26-19-37)60-49(54)40-23-29-42(30-24-40)56-33-13-6-8-15-35-58-46(51)4-2/h3-4,9-11,16-31,44H,1-2,5-8,12-15,32-36H2/b31-20+. The fraction of sp³-hybridized carbons (Fsp3) is 0.286. The maximum Gasteiger partial charge on any atom is 0.343 e. The fourth-order valence-electron chi connectivity index (χ4n) is 5.59. The van der Waals surface area contributed by atoms with E-state index in [1.54, 1.807) is 103 Å². The van der Waals surface area contributed by atoms with Crippen molar-refractivity contribution >= 4 is 35.9 Å². The first kappa shape index (κ1) is 46.7. The Labute approximate surface area is 356 Å². The molecular weight excluding hydrogens is 781 g/mol. The Morgan fingerprint density at radius 3 is 1.48 bits per heavy atom. The predicted octanol–water partition coefficient (Wildman–Crippen LogP) is 9.40. The van der Waals surface area contributed by atoms with Crippen LogP contribution >= 0.6 is 0 Å². The zero-order valence-corrected chi connectivity index (χ0v) is 34.2. The monoisotopic (exact) mass is 832 g/mol. The minimum atomic E-state index is -0.861. The van der Waals surface area contributed by atoms with Crippen molar-refractivity contribution in [3.8, 4) is 17.2 Å². The van der Waals surface area contributed by atoms with Crippen molar-refractivity contribution in [1.82, 2.24) is 0 Å². The highest BCUT2D eigenvalue weighted by Gasteiger charge is 2.19. The molecule has 4 aromatic rings. The van der Waals surface area contributed by atoms with Crippen molar-refractivity contribution in [2.24, 2.45) is 0 Å². The van der Waals surface area contributed by atoms with Gasteiger partial charge < -0.3 is 33.2 Å². The second kappa shape index (κ2) is 26.9. The normalized spacial score (nSPS) is 11.1. The van der Waals surface area contributed by atoms with Crippen LogP contribution in [-0.2, 0) is 33.3 Å². The second-order valence-electron chi connectivity index (χ2n) is 13.5. The molecule has 0 aliphatic carbocycles. The van der Waals surface area contributed by atoms with Gasteiger partial charge in [-0.2, -0.15) is 0 Å². The Kier molecular flexibility index (Phi) is 20.6. The molecule has 0 saturated carbocycles. The molecule has 4 aromatic carbocycles. The molecule has 0 saturated heterocycles. The number of hydrogen-bond donors (Lipinski definition) is 0. The lowest BCUT2D eigenvalue weighted by Crippen LogP contribution is -2.18. The third-order valence-electron chi connectivity index (χ3n) is 8.91. The first-order valence-corrected chi connectivity index (χ1v) is 20.2. The number of unbranched alkanes of at least 4 members (excludes halogenated alkanes) is 6. The number of carbonyl (C=O) groups excluding carboxylic acids is 5. The highest BCUT2D eigenvalue weighted by atomic mass is 16.6. The van der Waals surface area contributed by atoms with E-state index in [2.05, 4.69) is 13.2 Å². The molecule has 0 radical (unpaired) electrons. The average Bonchev–Trinajstić information content (AvgIpc) is 3.29. The Balaban J connectivity index is 1.17. The number of ether oxygens (including phenoxy) is 7. The van der Waals surface area contributed by atoms with E-state index in [1.807, 2.05) is 6.07 Å². The van der Waals surface area contributed by atoms with Crippen molar-refractivity contribution < 1.29 is 57.1 Å². The summed E-state index contributed by atoms with van der Waals surface area (Å²) in [5.74, 6) is -1.01. The van der Waals surface area contributed by atoms with Crippen molar-refractivity contribution in [1.29, 1.82) is 0 Å². The van der Waals surface area contributed by atoms with Crippen molar-refractivity contribution in [3.05, 3.63) is 157 Å². The second-order valence-corrected chi connectivity index (χ2v) is 13.5. The Morgan fingerprint density at radius 1 is 0.492 bits per heavy atom. The van der Waals surface area contributed by atoms with Gasteiger partial charge in [0.05, 0.1) is 37.6 Å². The van der Waals surface area contributed by atoms with Crippen molar-refractivity contribution in [2.75, 3.05) is 33.0 Å². The van der Waals surface area contributed by atoms with Gasteiger partial charge in [-0.1, -0.05) is 55.6 Å². The number of rotatable bonds is 27. The average molecular weight is 833 g/mol. The highest BCUT2D eigenvalue weighted by Crippen LogP contribution is 2.22. The van der Waals surface area contributed by atoms with Gasteiger partial charge in [-0.05, 0) is 129 Å². The van der Waals surface area contributed by atoms with Crippen LogP contribution in [0.5, 0.6) is 17.2 Å². The summed E-state index contributed by atoms with van der Waals surface area (Å²) in [5, 5.41) is 0. The molecule has 12 heteroatoms. The van der Waals surface area contributed by atoms with E-state index in [4.69, 9.17) is 33.2 Å². The molecule has 0 N–H and O–H groups in total. The zero-order chi connectivity index (χ0) is 43.5. The summed E-state index contributed by atoms with van der Waals surface area (Å²) in [5.41, 5.74) is 1.99. The molecule has 12 nitrogen and oxygen atoms in total. The van der Waals surface area contributed by atoms with Crippen LogP contribution in [0, 0.1) is 0 Å². The molecule has 0 spiro atoms. The van der Waals surface area contributed by atoms with Crippen LogP contribution in [0.15, 0.2) is 135 Å².